The third-order valence-corrected chi connectivity index (χ3v) is 3.65. The van der Waals surface area contributed by atoms with E-state index in [2.05, 4.69) is 5.32 Å². The Labute approximate surface area is 122 Å². The van der Waals surface area contributed by atoms with Crippen LogP contribution in [0.3, 0.4) is 0 Å². The average Bonchev–Trinajstić information content (AvgIpc) is 2.38. The van der Waals surface area contributed by atoms with E-state index in [0.29, 0.717) is 13.0 Å². The van der Waals surface area contributed by atoms with Crippen LogP contribution >= 0.6 is 0 Å². The highest BCUT2D eigenvalue weighted by atomic mass is 32.2. The molecule has 0 aliphatic carbocycles. The number of nitrogens with one attached hydrogen (secondary N) is 1. The highest BCUT2D eigenvalue weighted by molar-refractivity contribution is 7.89. The highest BCUT2D eigenvalue weighted by Gasteiger charge is 2.19. The summed E-state index contributed by atoms with van der Waals surface area (Å²) in [6.07, 6.45) is 0.719. The first-order chi connectivity index (χ1) is 9.75. The number of primary sulfonamides is 1. The number of carboxylic acid groups (broad SMARTS) is 1. The maximum Gasteiger partial charge on any atom is 0.326 e. The number of halogens is 1. The zero-order chi connectivity index (χ0) is 16.0. The van der Waals surface area contributed by atoms with Gasteiger partial charge in [0.25, 0.3) is 0 Å². The van der Waals surface area contributed by atoms with E-state index in [-0.39, 0.29) is 17.0 Å². The molecule has 0 aromatic heterocycles. The average molecular weight is 320 g/mol. The molecule has 0 aliphatic heterocycles. The monoisotopic (exact) mass is 320 g/mol. The third-order valence-electron chi connectivity index (χ3n) is 2.74. The Kier molecular flexibility index (Phi) is 6.06. The summed E-state index contributed by atoms with van der Waals surface area (Å²) in [5.74, 6) is -2.03. The largest absolute Gasteiger partial charge is 0.480 e. The molecule has 118 valence electrons. The number of methoxy groups -OCH3 is 1. The van der Waals surface area contributed by atoms with Crippen molar-refractivity contribution in [1.82, 2.24) is 0 Å². The van der Waals surface area contributed by atoms with Crippen LogP contribution in [-0.2, 0) is 19.6 Å². The van der Waals surface area contributed by atoms with Gasteiger partial charge in [-0.1, -0.05) is 0 Å². The summed E-state index contributed by atoms with van der Waals surface area (Å²) in [6, 6.07) is 1.98. The molecule has 0 spiro atoms. The predicted octanol–water partition coefficient (Wildman–Crippen LogP) is 0.765. The van der Waals surface area contributed by atoms with Crippen LogP contribution < -0.4 is 10.5 Å². The van der Waals surface area contributed by atoms with Crippen molar-refractivity contribution in [2.45, 2.75) is 23.8 Å². The number of hydrogen-bond acceptors (Lipinski definition) is 5. The van der Waals surface area contributed by atoms with Crippen molar-refractivity contribution in [3.63, 3.8) is 0 Å². The van der Waals surface area contributed by atoms with E-state index in [1.54, 1.807) is 0 Å². The molecule has 1 aromatic carbocycles. The van der Waals surface area contributed by atoms with Crippen molar-refractivity contribution in [3.8, 4) is 0 Å². The summed E-state index contributed by atoms with van der Waals surface area (Å²) < 4.78 is 40.8. The first-order valence-corrected chi connectivity index (χ1v) is 7.61. The number of aliphatic carboxylic acids is 1. The van der Waals surface area contributed by atoms with Gasteiger partial charge in [0.2, 0.25) is 10.0 Å². The molecule has 0 aliphatic rings. The molecule has 0 radical (unpaired) electrons. The Bertz CT molecular complexity index is 606. The summed E-state index contributed by atoms with van der Waals surface area (Å²) in [5.41, 5.74) is -0.104. The molecular weight excluding hydrogens is 303 g/mol. The molecule has 0 bridgehead atoms. The minimum absolute atomic E-state index is 0.104. The minimum atomic E-state index is -4.01. The number of rotatable bonds is 8. The summed E-state index contributed by atoms with van der Waals surface area (Å²) in [5, 5.41) is 16.5. The smallest absolute Gasteiger partial charge is 0.326 e. The molecular formula is C12H17FN2O5S. The summed E-state index contributed by atoms with van der Waals surface area (Å²) in [4.78, 5) is 10.7. The Morgan fingerprint density at radius 2 is 2.19 bits per heavy atom. The number of carboxylic acids is 1. The third kappa shape index (κ3) is 5.29. The van der Waals surface area contributed by atoms with Crippen molar-refractivity contribution in [2.75, 3.05) is 19.0 Å². The van der Waals surface area contributed by atoms with Gasteiger partial charge in [-0.15, -0.1) is 0 Å². The molecule has 0 fully saturated rings. The lowest BCUT2D eigenvalue weighted by molar-refractivity contribution is -0.138. The van der Waals surface area contributed by atoms with E-state index in [1.807, 2.05) is 0 Å². The Hall–Kier alpha value is -1.71. The van der Waals surface area contributed by atoms with Crippen molar-refractivity contribution < 1.29 is 27.4 Å². The van der Waals surface area contributed by atoms with E-state index in [1.165, 1.54) is 7.11 Å². The summed E-state index contributed by atoms with van der Waals surface area (Å²) in [7, 11) is -2.51. The van der Waals surface area contributed by atoms with Gasteiger partial charge in [0.15, 0.2) is 0 Å². The fourth-order valence-corrected chi connectivity index (χ4v) is 2.19. The lowest BCUT2D eigenvalue weighted by Gasteiger charge is -2.16. The van der Waals surface area contributed by atoms with E-state index in [4.69, 9.17) is 15.0 Å². The van der Waals surface area contributed by atoms with Gasteiger partial charge in [-0.3, -0.25) is 0 Å². The lowest BCUT2D eigenvalue weighted by atomic mass is 10.1. The topological polar surface area (TPSA) is 119 Å². The molecule has 0 saturated heterocycles. The number of hydrogen-bond donors (Lipinski definition) is 3. The van der Waals surface area contributed by atoms with Gasteiger partial charge in [0.05, 0.1) is 10.6 Å². The van der Waals surface area contributed by atoms with Crippen LogP contribution in [0.2, 0.25) is 0 Å². The Morgan fingerprint density at radius 3 is 2.67 bits per heavy atom. The quantitative estimate of drug-likeness (QED) is 0.609. The van der Waals surface area contributed by atoms with Crippen LogP contribution in [0.5, 0.6) is 0 Å². The predicted molar refractivity (Wildman–Crippen MR) is 73.9 cm³/mol. The number of carbonyl (C=O) groups is 1. The summed E-state index contributed by atoms with van der Waals surface area (Å²) >= 11 is 0. The van der Waals surface area contributed by atoms with Gasteiger partial charge < -0.3 is 15.2 Å². The molecule has 1 unspecified atom stereocenters. The highest BCUT2D eigenvalue weighted by Crippen LogP contribution is 2.20. The van der Waals surface area contributed by atoms with E-state index in [0.717, 1.165) is 18.2 Å². The second-order valence-electron chi connectivity index (χ2n) is 4.36. The minimum Gasteiger partial charge on any atom is -0.480 e. The molecule has 1 atom stereocenters. The number of ether oxygens (including phenoxy) is 1. The zero-order valence-corrected chi connectivity index (χ0v) is 12.2. The Morgan fingerprint density at radius 1 is 1.52 bits per heavy atom. The normalized spacial score (nSPS) is 12.9. The van der Waals surface area contributed by atoms with Crippen molar-refractivity contribution in [3.05, 3.63) is 24.0 Å². The van der Waals surface area contributed by atoms with Crippen LogP contribution in [0.1, 0.15) is 12.8 Å². The molecule has 7 nitrogen and oxygen atoms in total. The van der Waals surface area contributed by atoms with E-state index >= 15 is 0 Å². The van der Waals surface area contributed by atoms with Gasteiger partial charge in [-0.25, -0.2) is 22.7 Å². The van der Waals surface area contributed by atoms with Crippen molar-refractivity contribution in [1.29, 1.82) is 0 Å². The molecule has 0 saturated carbocycles. The Balaban J connectivity index is 2.87. The molecule has 4 N–H and O–H groups in total. The second-order valence-corrected chi connectivity index (χ2v) is 5.92. The van der Waals surface area contributed by atoms with Gasteiger partial charge in [-0.2, -0.15) is 0 Å². The molecule has 0 amide bonds. The van der Waals surface area contributed by atoms with Gasteiger partial charge in [0, 0.05) is 13.7 Å². The van der Waals surface area contributed by atoms with Crippen molar-refractivity contribution in [2.24, 2.45) is 5.14 Å². The van der Waals surface area contributed by atoms with Crippen molar-refractivity contribution >= 4 is 21.7 Å². The number of benzene rings is 1. The van der Waals surface area contributed by atoms with Crippen LogP contribution in [0, 0.1) is 5.82 Å². The molecule has 0 heterocycles. The maximum atomic E-state index is 13.8. The molecule has 21 heavy (non-hydrogen) atoms. The number of sulfonamides is 1. The van der Waals surface area contributed by atoms with Gasteiger partial charge in [-0.05, 0) is 31.0 Å². The SMILES string of the molecule is COCCCC(Nc1ccc(S(N)(=O)=O)cc1F)C(=O)O. The van der Waals surface area contributed by atoms with Gasteiger partial charge in [0.1, 0.15) is 11.9 Å². The van der Waals surface area contributed by atoms with E-state index in [9.17, 15) is 17.6 Å². The fraction of sp³-hybridized carbons (Fsp3) is 0.417. The first kappa shape index (κ1) is 17.3. The second kappa shape index (κ2) is 7.34. The lowest BCUT2D eigenvalue weighted by Crippen LogP contribution is -2.30. The first-order valence-electron chi connectivity index (χ1n) is 6.06. The van der Waals surface area contributed by atoms with Crippen LogP contribution in [0.25, 0.3) is 0 Å². The van der Waals surface area contributed by atoms with E-state index < -0.39 is 27.9 Å². The fourth-order valence-electron chi connectivity index (χ4n) is 1.67. The number of anilines is 1. The van der Waals surface area contributed by atoms with Crippen LogP contribution in [0.15, 0.2) is 23.1 Å². The number of nitrogens with two attached hydrogens (primary N) is 1. The molecule has 1 aromatic rings. The van der Waals surface area contributed by atoms with Gasteiger partial charge >= 0.3 is 5.97 Å². The van der Waals surface area contributed by atoms with Crippen LogP contribution in [0.4, 0.5) is 10.1 Å². The molecule has 9 heteroatoms. The maximum absolute atomic E-state index is 13.8. The zero-order valence-electron chi connectivity index (χ0n) is 11.4. The molecule has 1 rings (SSSR count). The summed E-state index contributed by atoms with van der Waals surface area (Å²) in [6.45, 7) is 0.387. The van der Waals surface area contributed by atoms with Crippen LogP contribution in [-0.4, -0.2) is 39.3 Å². The standard InChI is InChI=1S/C12H17FN2O5S/c1-20-6-2-3-11(12(16)17)15-10-5-4-8(7-9(10)13)21(14,18)19/h4-5,7,11,15H,2-3,6H2,1H3,(H,16,17)(H2,14,18,19).